The lowest BCUT2D eigenvalue weighted by atomic mass is 10.0. The minimum atomic E-state index is -0.298. The van der Waals surface area contributed by atoms with E-state index >= 15 is 0 Å². The normalized spacial score (nSPS) is 14.0. The molecule has 3 aromatic rings. The van der Waals surface area contributed by atoms with Crippen molar-refractivity contribution in [2.75, 3.05) is 13.1 Å². The van der Waals surface area contributed by atoms with Crippen LogP contribution in [-0.4, -0.2) is 33.9 Å². The highest BCUT2D eigenvalue weighted by Crippen LogP contribution is 2.26. The number of fused-ring (bicyclic) bond motifs is 1. The number of hydrogen-bond acceptors (Lipinski definition) is 4. The largest absolute Gasteiger partial charge is 0.459 e. The van der Waals surface area contributed by atoms with Gasteiger partial charge < -0.3 is 9.32 Å². The Morgan fingerprint density at radius 1 is 1.12 bits per heavy atom. The van der Waals surface area contributed by atoms with Crippen molar-refractivity contribution in [3.63, 3.8) is 0 Å². The van der Waals surface area contributed by atoms with Crippen molar-refractivity contribution >= 4 is 5.91 Å². The molecule has 6 heteroatoms. The zero-order chi connectivity index (χ0) is 17.2. The highest BCUT2D eigenvalue weighted by molar-refractivity contribution is 5.91. The van der Waals surface area contributed by atoms with Gasteiger partial charge in [-0.05, 0) is 30.7 Å². The van der Waals surface area contributed by atoms with Gasteiger partial charge in [0.15, 0.2) is 5.76 Å². The molecule has 25 heavy (non-hydrogen) atoms. The molecular formula is C19H16FN3O2. The van der Waals surface area contributed by atoms with Crippen LogP contribution in [0.1, 0.15) is 21.8 Å². The Hall–Kier alpha value is -3.02. The van der Waals surface area contributed by atoms with Gasteiger partial charge >= 0.3 is 0 Å². The lowest BCUT2D eigenvalue weighted by Crippen LogP contribution is -2.33. The minimum absolute atomic E-state index is 0.127. The first-order valence-electron chi connectivity index (χ1n) is 8.14. The summed E-state index contributed by atoms with van der Waals surface area (Å²) in [5.41, 5.74) is 3.34. The number of amides is 1. The van der Waals surface area contributed by atoms with Crippen molar-refractivity contribution in [1.82, 2.24) is 14.9 Å². The fraction of sp³-hybridized carbons (Fsp3) is 0.211. The number of carbonyl (C=O) groups is 1. The standard InChI is InChI=1S/C19H16FN3O2/c20-14-4-1-3-13(11-14)18-15-6-8-23(9-7-16(15)21-12-22-18)19(24)17-5-2-10-25-17/h1-5,10-12H,6-9H2. The summed E-state index contributed by atoms with van der Waals surface area (Å²) in [5, 5.41) is 0. The number of furan rings is 1. The lowest BCUT2D eigenvalue weighted by Gasteiger charge is -2.18. The molecule has 4 rings (SSSR count). The third-order valence-corrected chi connectivity index (χ3v) is 4.40. The van der Waals surface area contributed by atoms with Gasteiger partial charge in [-0.1, -0.05) is 12.1 Å². The topological polar surface area (TPSA) is 59.2 Å². The summed E-state index contributed by atoms with van der Waals surface area (Å²) in [4.78, 5) is 23.0. The zero-order valence-corrected chi connectivity index (χ0v) is 13.5. The van der Waals surface area contributed by atoms with Gasteiger partial charge in [-0.3, -0.25) is 4.79 Å². The van der Waals surface area contributed by atoms with Gasteiger partial charge in [0.05, 0.1) is 12.0 Å². The molecule has 0 saturated carbocycles. The van der Waals surface area contributed by atoms with Crippen molar-refractivity contribution in [1.29, 1.82) is 0 Å². The Bertz CT molecular complexity index is 909. The monoisotopic (exact) mass is 337 g/mol. The molecule has 0 saturated heterocycles. The summed E-state index contributed by atoms with van der Waals surface area (Å²) < 4.78 is 18.8. The minimum Gasteiger partial charge on any atom is -0.459 e. The van der Waals surface area contributed by atoms with E-state index in [0.717, 1.165) is 22.5 Å². The Morgan fingerprint density at radius 3 is 2.80 bits per heavy atom. The van der Waals surface area contributed by atoms with Gasteiger partial charge in [-0.2, -0.15) is 0 Å². The smallest absolute Gasteiger partial charge is 0.289 e. The van der Waals surface area contributed by atoms with Gasteiger partial charge in [0.1, 0.15) is 12.1 Å². The Balaban J connectivity index is 1.64. The SMILES string of the molecule is O=C(c1ccco1)N1CCc2ncnc(-c3cccc(F)c3)c2CC1. The third-order valence-electron chi connectivity index (χ3n) is 4.40. The molecule has 1 amide bonds. The number of carbonyl (C=O) groups excluding carboxylic acids is 1. The van der Waals surface area contributed by atoms with Crippen LogP contribution in [0.5, 0.6) is 0 Å². The lowest BCUT2D eigenvalue weighted by molar-refractivity contribution is 0.0731. The van der Waals surface area contributed by atoms with E-state index < -0.39 is 0 Å². The molecule has 0 unspecified atom stereocenters. The highest BCUT2D eigenvalue weighted by Gasteiger charge is 2.24. The van der Waals surface area contributed by atoms with Crippen LogP contribution in [0.15, 0.2) is 53.4 Å². The van der Waals surface area contributed by atoms with Crippen LogP contribution in [0.25, 0.3) is 11.3 Å². The molecule has 0 aliphatic carbocycles. The van der Waals surface area contributed by atoms with Crippen LogP contribution >= 0.6 is 0 Å². The molecule has 0 atom stereocenters. The zero-order valence-electron chi connectivity index (χ0n) is 13.5. The van der Waals surface area contributed by atoms with Crippen molar-refractivity contribution in [2.24, 2.45) is 0 Å². The second-order valence-electron chi connectivity index (χ2n) is 5.93. The van der Waals surface area contributed by atoms with Crippen molar-refractivity contribution in [3.05, 3.63) is 71.8 Å². The maximum atomic E-state index is 13.6. The molecule has 0 bridgehead atoms. The van der Waals surface area contributed by atoms with Crippen molar-refractivity contribution < 1.29 is 13.6 Å². The molecule has 5 nitrogen and oxygen atoms in total. The average molecular weight is 337 g/mol. The Morgan fingerprint density at radius 2 is 2.00 bits per heavy atom. The molecular weight excluding hydrogens is 321 g/mol. The predicted molar refractivity (Wildman–Crippen MR) is 89.4 cm³/mol. The molecule has 0 N–H and O–H groups in total. The maximum Gasteiger partial charge on any atom is 0.289 e. The number of halogens is 1. The van der Waals surface area contributed by atoms with Crippen LogP contribution in [0.3, 0.4) is 0 Å². The van der Waals surface area contributed by atoms with E-state index in [4.69, 9.17) is 4.42 Å². The van der Waals surface area contributed by atoms with Crippen LogP contribution in [-0.2, 0) is 12.8 Å². The number of nitrogens with zero attached hydrogens (tertiary/aromatic N) is 3. The average Bonchev–Trinajstić information content (AvgIpc) is 3.07. The molecule has 1 aliphatic rings. The van der Waals surface area contributed by atoms with E-state index in [1.807, 2.05) is 6.07 Å². The summed E-state index contributed by atoms with van der Waals surface area (Å²) in [6.45, 7) is 1.11. The molecule has 3 heterocycles. The molecule has 0 radical (unpaired) electrons. The van der Waals surface area contributed by atoms with Crippen molar-refractivity contribution in [3.8, 4) is 11.3 Å². The second-order valence-corrected chi connectivity index (χ2v) is 5.93. The summed E-state index contributed by atoms with van der Waals surface area (Å²) in [6, 6.07) is 9.75. The molecule has 1 aliphatic heterocycles. The van der Waals surface area contributed by atoms with E-state index in [2.05, 4.69) is 9.97 Å². The van der Waals surface area contributed by atoms with Crippen LogP contribution in [0, 0.1) is 5.82 Å². The van der Waals surface area contributed by atoms with E-state index in [9.17, 15) is 9.18 Å². The number of hydrogen-bond donors (Lipinski definition) is 0. The van der Waals surface area contributed by atoms with E-state index in [0.29, 0.717) is 31.7 Å². The van der Waals surface area contributed by atoms with Crippen LogP contribution < -0.4 is 0 Å². The van der Waals surface area contributed by atoms with Gasteiger partial charge in [0.25, 0.3) is 5.91 Å². The number of rotatable bonds is 2. The fourth-order valence-electron chi connectivity index (χ4n) is 3.17. The summed E-state index contributed by atoms with van der Waals surface area (Å²) >= 11 is 0. The van der Waals surface area contributed by atoms with Crippen LogP contribution in [0.4, 0.5) is 4.39 Å². The van der Waals surface area contributed by atoms with E-state index in [1.54, 1.807) is 23.1 Å². The maximum absolute atomic E-state index is 13.6. The summed E-state index contributed by atoms with van der Waals surface area (Å²) in [6.07, 6.45) is 4.25. The highest BCUT2D eigenvalue weighted by atomic mass is 19.1. The van der Waals surface area contributed by atoms with Crippen LogP contribution in [0.2, 0.25) is 0 Å². The first kappa shape index (κ1) is 15.5. The molecule has 126 valence electrons. The summed E-state index contributed by atoms with van der Waals surface area (Å²) in [7, 11) is 0. The predicted octanol–water partition coefficient (Wildman–Crippen LogP) is 3.12. The van der Waals surface area contributed by atoms with Gasteiger partial charge in [-0.25, -0.2) is 14.4 Å². The first-order valence-corrected chi connectivity index (χ1v) is 8.14. The third kappa shape index (κ3) is 3.03. The van der Waals surface area contributed by atoms with Gasteiger partial charge in [-0.15, -0.1) is 0 Å². The number of aromatic nitrogens is 2. The quantitative estimate of drug-likeness (QED) is 0.721. The van der Waals surface area contributed by atoms with E-state index in [1.165, 1.54) is 24.7 Å². The molecule has 0 spiro atoms. The first-order chi connectivity index (χ1) is 12.2. The molecule has 2 aromatic heterocycles. The fourth-order valence-corrected chi connectivity index (χ4v) is 3.17. The van der Waals surface area contributed by atoms with Crippen molar-refractivity contribution in [2.45, 2.75) is 12.8 Å². The summed E-state index contributed by atoms with van der Waals surface area (Å²) in [5.74, 6) is -0.0893. The Labute approximate surface area is 144 Å². The molecule has 0 fully saturated rings. The van der Waals surface area contributed by atoms with E-state index in [-0.39, 0.29) is 11.7 Å². The number of benzene rings is 1. The van der Waals surface area contributed by atoms with Gasteiger partial charge in [0.2, 0.25) is 0 Å². The van der Waals surface area contributed by atoms with Gasteiger partial charge in [0, 0.05) is 36.3 Å². The Kier molecular flexibility index (Phi) is 4.01. The second kappa shape index (κ2) is 6.47. The molecule has 1 aromatic carbocycles.